The summed E-state index contributed by atoms with van der Waals surface area (Å²) in [5, 5.41) is 0. The molecule has 14 heavy (non-hydrogen) atoms. The first-order valence-corrected chi connectivity index (χ1v) is 5.19. The molecular weight excluding hydrogens is 177 g/mol. The van der Waals surface area contributed by atoms with E-state index >= 15 is 0 Å². The molecule has 0 spiro atoms. The number of aryl methyl sites for hydroxylation is 1. The van der Waals surface area contributed by atoms with Gasteiger partial charge in [0.2, 0.25) is 0 Å². The summed E-state index contributed by atoms with van der Waals surface area (Å²) < 4.78 is 13.1. The van der Waals surface area contributed by atoms with Gasteiger partial charge in [-0.2, -0.15) is 0 Å². The summed E-state index contributed by atoms with van der Waals surface area (Å²) in [5.74, 6) is 0.394. The van der Waals surface area contributed by atoms with Crippen molar-refractivity contribution in [2.45, 2.75) is 32.2 Å². The fourth-order valence-corrected chi connectivity index (χ4v) is 2.03. The van der Waals surface area contributed by atoms with Gasteiger partial charge in [0.05, 0.1) is 0 Å². The molecule has 1 aliphatic carbocycles. The van der Waals surface area contributed by atoms with Crippen LogP contribution in [0.4, 0.5) is 4.39 Å². The van der Waals surface area contributed by atoms with Crippen LogP contribution in [0.25, 0.3) is 0 Å². The Labute approximate surface area is 84.1 Å². The lowest BCUT2D eigenvalue weighted by Gasteiger charge is -2.31. The van der Waals surface area contributed by atoms with Gasteiger partial charge in [-0.25, -0.2) is 4.39 Å². The fourth-order valence-electron chi connectivity index (χ4n) is 2.03. The average Bonchev–Trinajstić information content (AvgIpc) is 1.98. The number of hydrogen-bond acceptors (Lipinski definition) is 1. The van der Waals surface area contributed by atoms with E-state index in [4.69, 9.17) is 5.73 Å². The van der Waals surface area contributed by atoms with E-state index in [1.807, 2.05) is 13.0 Å². The normalized spacial score (nSPS) is 19.1. The summed E-state index contributed by atoms with van der Waals surface area (Å²) in [5.41, 5.74) is 7.98. The van der Waals surface area contributed by atoms with Gasteiger partial charge in [0, 0.05) is 6.04 Å². The maximum Gasteiger partial charge on any atom is 0.123 e. The van der Waals surface area contributed by atoms with Gasteiger partial charge in [-0.15, -0.1) is 0 Å². The highest BCUT2D eigenvalue weighted by Crippen LogP contribution is 2.36. The van der Waals surface area contributed by atoms with Crippen LogP contribution in [0.5, 0.6) is 0 Å². The van der Waals surface area contributed by atoms with Gasteiger partial charge in [0.1, 0.15) is 5.82 Å². The summed E-state index contributed by atoms with van der Waals surface area (Å²) in [6, 6.07) is 5.12. The second kappa shape index (κ2) is 3.70. The number of benzene rings is 1. The van der Waals surface area contributed by atoms with E-state index in [1.54, 1.807) is 6.07 Å². The molecule has 0 radical (unpaired) electrons. The van der Waals surface area contributed by atoms with Crippen LogP contribution in [0.2, 0.25) is 0 Å². The van der Waals surface area contributed by atoms with Crippen molar-refractivity contribution in [2.75, 3.05) is 0 Å². The Morgan fingerprint density at radius 1 is 1.36 bits per heavy atom. The maximum absolute atomic E-state index is 13.1. The van der Waals surface area contributed by atoms with E-state index in [0.717, 1.165) is 11.1 Å². The van der Waals surface area contributed by atoms with Crippen molar-refractivity contribution in [3.63, 3.8) is 0 Å². The summed E-state index contributed by atoms with van der Waals surface area (Å²) in [6.07, 6.45) is 3.65. The zero-order valence-electron chi connectivity index (χ0n) is 8.46. The Kier molecular flexibility index (Phi) is 2.55. The molecule has 0 saturated heterocycles. The van der Waals surface area contributed by atoms with Gasteiger partial charge >= 0.3 is 0 Å². The Balaban J connectivity index is 2.21. The Morgan fingerprint density at radius 3 is 2.57 bits per heavy atom. The minimum absolute atomic E-state index is 0.0261. The van der Waals surface area contributed by atoms with Gasteiger partial charge in [0.25, 0.3) is 0 Å². The topological polar surface area (TPSA) is 26.0 Å². The number of hydrogen-bond donors (Lipinski definition) is 1. The molecule has 0 aromatic heterocycles. The molecule has 1 fully saturated rings. The molecule has 1 atom stereocenters. The molecule has 2 N–H and O–H groups in total. The van der Waals surface area contributed by atoms with Gasteiger partial charge in [-0.3, -0.25) is 0 Å². The molecule has 1 nitrogen and oxygen atoms in total. The Bertz CT molecular complexity index is 311. The van der Waals surface area contributed by atoms with E-state index in [1.165, 1.54) is 25.3 Å². The Hall–Kier alpha value is -0.890. The molecule has 2 rings (SSSR count). The zero-order chi connectivity index (χ0) is 10.1. The first-order chi connectivity index (χ1) is 6.66. The Morgan fingerprint density at radius 2 is 2.07 bits per heavy atom. The van der Waals surface area contributed by atoms with Gasteiger partial charge in [0.15, 0.2) is 0 Å². The smallest absolute Gasteiger partial charge is 0.123 e. The highest BCUT2D eigenvalue weighted by molar-refractivity contribution is 5.26. The summed E-state index contributed by atoms with van der Waals surface area (Å²) >= 11 is 0. The quantitative estimate of drug-likeness (QED) is 0.767. The van der Waals surface area contributed by atoms with Crippen molar-refractivity contribution in [2.24, 2.45) is 11.7 Å². The maximum atomic E-state index is 13.1. The molecule has 76 valence electrons. The van der Waals surface area contributed by atoms with Crippen LogP contribution in [-0.2, 0) is 0 Å². The third kappa shape index (κ3) is 1.80. The van der Waals surface area contributed by atoms with Crippen molar-refractivity contribution < 1.29 is 4.39 Å². The van der Waals surface area contributed by atoms with Gasteiger partial charge in [-0.1, -0.05) is 12.5 Å². The van der Waals surface area contributed by atoms with E-state index in [0.29, 0.717) is 5.92 Å². The van der Waals surface area contributed by atoms with Gasteiger partial charge < -0.3 is 5.73 Å². The molecular formula is C12H16FN. The van der Waals surface area contributed by atoms with Crippen molar-refractivity contribution in [3.05, 3.63) is 35.1 Å². The van der Waals surface area contributed by atoms with Crippen molar-refractivity contribution in [3.8, 4) is 0 Å². The average molecular weight is 193 g/mol. The third-order valence-corrected chi connectivity index (χ3v) is 3.11. The minimum atomic E-state index is -0.172. The monoisotopic (exact) mass is 193 g/mol. The lowest BCUT2D eigenvalue weighted by molar-refractivity contribution is 0.264. The molecule has 0 unspecified atom stereocenters. The van der Waals surface area contributed by atoms with Crippen LogP contribution in [-0.4, -0.2) is 0 Å². The predicted octanol–water partition coefficient (Wildman–Crippen LogP) is 2.93. The molecule has 2 heteroatoms. The summed E-state index contributed by atoms with van der Waals surface area (Å²) in [4.78, 5) is 0. The fraction of sp³-hybridized carbons (Fsp3) is 0.500. The van der Waals surface area contributed by atoms with Crippen molar-refractivity contribution in [1.82, 2.24) is 0 Å². The largest absolute Gasteiger partial charge is 0.324 e. The summed E-state index contributed by atoms with van der Waals surface area (Å²) in [7, 11) is 0. The predicted molar refractivity (Wildman–Crippen MR) is 55.4 cm³/mol. The minimum Gasteiger partial charge on any atom is -0.324 e. The number of halogens is 1. The van der Waals surface area contributed by atoms with Crippen LogP contribution < -0.4 is 5.73 Å². The van der Waals surface area contributed by atoms with Crippen LogP contribution in [0.3, 0.4) is 0 Å². The third-order valence-electron chi connectivity index (χ3n) is 3.11. The lowest BCUT2D eigenvalue weighted by Crippen LogP contribution is -2.26. The van der Waals surface area contributed by atoms with Crippen LogP contribution >= 0.6 is 0 Å². The molecule has 1 aliphatic rings. The molecule has 1 aromatic rings. The summed E-state index contributed by atoms with van der Waals surface area (Å²) in [6.45, 7) is 1.90. The second-order valence-corrected chi connectivity index (χ2v) is 4.28. The van der Waals surface area contributed by atoms with E-state index in [2.05, 4.69) is 0 Å². The zero-order valence-corrected chi connectivity index (χ0v) is 8.46. The van der Waals surface area contributed by atoms with E-state index in [9.17, 15) is 4.39 Å². The molecule has 1 aromatic carbocycles. The molecule has 0 bridgehead atoms. The SMILES string of the molecule is Cc1cc(F)cc([C@H](N)C2CCC2)c1. The number of rotatable bonds is 2. The van der Waals surface area contributed by atoms with Crippen LogP contribution in [0.1, 0.15) is 36.4 Å². The number of nitrogens with two attached hydrogens (primary N) is 1. The first kappa shape index (κ1) is 9.66. The van der Waals surface area contributed by atoms with Crippen LogP contribution in [0.15, 0.2) is 18.2 Å². The van der Waals surface area contributed by atoms with E-state index in [-0.39, 0.29) is 11.9 Å². The first-order valence-electron chi connectivity index (χ1n) is 5.19. The lowest BCUT2D eigenvalue weighted by atomic mass is 9.77. The second-order valence-electron chi connectivity index (χ2n) is 4.28. The molecule has 0 aliphatic heterocycles. The highest BCUT2D eigenvalue weighted by Gasteiger charge is 2.25. The molecule has 0 amide bonds. The highest BCUT2D eigenvalue weighted by atomic mass is 19.1. The van der Waals surface area contributed by atoms with Crippen molar-refractivity contribution >= 4 is 0 Å². The standard InChI is InChI=1S/C12H16FN/c1-8-5-10(7-11(13)6-8)12(14)9-3-2-4-9/h5-7,9,12H,2-4,14H2,1H3/t12-/m1/s1. The van der Waals surface area contributed by atoms with Crippen molar-refractivity contribution in [1.29, 1.82) is 0 Å². The molecule has 0 heterocycles. The van der Waals surface area contributed by atoms with Gasteiger partial charge in [-0.05, 0) is 48.9 Å². The van der Waals surface area contributed by atoms with Crippen LogP contribution in [0, 0.1) is 18.7 Å². The van der Waals surface area contributed by atoms with E-state index < -0.39 is 0 Å². The molecule has 1 saturated carbocycles.